The van der Waals surface area contributed by atoms with Crippen LogP contribution in [0, 0.1) is 20.8 Å². The average molecular weight is 526 g/mol. The van der Waals surface area contributed by atoms with Gasteiger partial charge < -0.3 is 34.3 Å². The van der Waals surface area contributed by atoms with Crippen LogP contribution >= 0.6 is 0 Å². The fourth-order valence-corrected chi connectivity index (χ4v) is 4.16. The molecule has 0 amide bonds. The number of hydrogen-bond donors (Lipinski definition) is 3. The molecule has 11 heteroatoms. The lowest BCUT2D eigenvalue weighted by atomic mass is 10.1. The number of carbonyl (C=O) groups is 2. The maximum atomic E-state index is 12.3. The predicted octanol–water partition coefficient (Wildman–Crippen LogP) is 2.82. The average Bonchev–Trinajstić information content (AvgIpc) is 2.89. The summed E-state index contributed by atoms with van der Waals surface area (Å²) in [6.45, 7) is 9.67. The summed E-state index contributed by atoms with van der Waals surface area (Å²) in [4.78, 5) is 38.1. The maximum Gasteiger partial charge on any atom is 0.338 e. The van der Waals surface area contributed by atoms with Crippen molar-refractivity contribution in [3.8, 4) is 11.5 Å². The molecule has 0 aliphatic carbocycles. The number of methoxy groups -OCH3 is 1. The van der Waals surface area contributed by atoms with E-state index in [1.807, 2.05) is 32.9 Å². The minimum Gasteiger partial charge on any atom is -0.496 e. The van der Waals surface area contributed by atoms with Gasteiger partial charge in [0.15, 0.2) is 0 Å². The number of hydrogen-bond acceptors (Lipinski definition) is 9. The van der Waals surface area contributed by atoms with Crippen LogP contribution in [-0.2, 0) is 16.2 Å². The number of benzene rings is 1. The maximum absolute atomic E-state index is 12.3. The first-order chi connectivity index (χ1) is 18.1. The zero-order chi connectivity index (χ0) is 27.8. The molecule has 0 spiro atoms. The van der Waals surface area contributed by atoms with Gasteiger partial charge in [0.25, 0.3) is 0 Å². The van der Waals surface area contributed by atoms with Gasteiger partial charge in [0.1, 0.15) is 23.7 Å². The first-order valence-electron chi connectivity index (χ1n) is 11.9. The van der Waals surface area contributed by atoms with Gasteiger partial charge in [0, 0.05) is 72.7 Å². The Kier molecular flexibility index (Phi) is 9.44. The summed E-state index contributed by atoms with van der Waals surface area (Å²) in [6, 6.07) is 5.48. The van der Waals surface area contributed by atoms with Crippen LogP contribution in [0.2, 0.25) is 0 Å². The Balaban J connectivity index is 0.000000436. The molecule has 38 heavy (non-hydrogen) atoms. The quantitative estimate of drug-likeness (QED) is 0.308. The van der Waals surface area contributed by atoms with E-state index in [4.69, 9.17) is 24.1 Å². The number of aryl methyl sites for hydroxylation is 2. The topological polar surface area (TPSA) is 151 Å². The Morgan fingerprint density at radius 2 is 1.76 bits per heavy atom. The molecule has 2 aromatic heterocycles. The second-order valence-corrected chi connectivity index (χ2v) is 8.60. The summed E-state index contributed by atoms with van der Waals surface area (Å²) in [7, 11) is 1.66. The normalized spacial score (nSPS) is 13.2. The van der Waals surface area contributed by atoms with Gasteiger partial charge in [-0.2, -0.15) is 0 Å². The number of fused-ring (bicyclic) bond motifs is 1. The zero-order valence-electron chi connectivity index (χ0n) is 21.7. The Labute approximate surface area is 219 Å². The lowest BCUT2D eigenvalue weighted by molar-refractivity contribution is -0.134. The molecule has 0 unspecified atom stereocenters. The third-order valence-corrected chi connectivity index (χ3v) is 6.03. The molecule has 0 saturated carbocycles. The molecule has 3 aromatic rings. The van der Waals surface area contributed by atoms with Gasteiger partial charge in [-0.25, -0.2) is 14.4 Å². The third kappa shape index (κ3) is 6.88. The van der Waals surface area contributed by atoms with Gasteiger partial charge in [-0.3, -0.25) is 4.98 Å². The van der Waals surface area contributed by atoms with Crippen molar-refractivity contribution in [2.45, 2.75) is 27.4 Å². The van der Waals surface area contributed by atoms with E-state index < -0.39 is 11.9 Å². The molecule has 0 atom stereocenters. The van der Waals surface area contributed by atoms with Gasteiger partial charge in [0.05, 0.1) is 18.5 Å². The summed E-state index contributed by atoms with van der Waals surface area (Å²) in [5, 5.41) is 19.9. The van der Waals surface area contributed by atoms with E-state index in [9.17, 15) is 14.4 Å². The highest BCUT2D eigenvalue weighted by molar-refractivity contribution is 5.93. The van der Waals surface area contributed by atoms with E-state index >= 15 is 0 Å². The number of ether oxygens (including phenoxy) is 2. The molecule has 1 saturated heterocycles. The van der Waals surface area contributed by atoms with Crippen molar-refractivity contribution in [1.29, 1.82) is 0 Å². The molecular weight excluding hydrogens is 494 g/mol. The van der Waals surface area contributed by atoms with Crippen LogP contribution in [0.25, 0.3) is 11.0 Å². The molecule has 3 N–H and O–H groups in total. The molecule has 1 aromatic carbocycles. The molecule has 0 bridgehead atoms. The fraction of sp³-hybridized carbons (Fsp3) is 0.333. The Hall–Kier alpha value is -4.38. The van der Waals surface area contributed by atoms with Crippen LogP contribution in [0.15, 0.2) is 45.8 Å². The Morgan fingerprint density at radius 3 is 2.37 bits per heavy atom. The number of carboxylic acid groups (broad SMARTS) is 2. The first kappa shape index (κ1) is 28.2. The lowest BCUT2D eigenvalue weighted by Gasteiger charge is -2.30. The van der Waals surface area contributed by atoms with Crippen molar-refractivity contribution in [2.24, 2.45) is 0 Å². The summed E-state index contributed by atoms with van der Waals surface area (Å²) >= 11 is 0. The highest BCUT2D eigenvalue weighted by Gasteiger charge is 2.18. The zero-order valence-corrected chi connectivity index (χ0v) is 21.7. The van der Waals surface area contributed by atoms with Gasteiger partial charge in [-0.05, 0) is 32.9 Å². The SMILES string of the molecule is COc1c(C)cnc(COc2ccc3c(N4CCNCC4)cc(=O)oc3c2C)c1C.O=C(O)/C=C\C(=O)O. The van der Waals surface area contributed by atoms with Crippen LogP contribution in [0.4, 0.5) is 5.69 Å². The second-order valence-electron chi connectivity index (χ2n) is 8.60. The van der Waals surface area contributed by atoms with E-state index in [0.29, 0.717) is 30.1 Å². The third-order valence-electron chi connectivity index (χ3n) is 6.03. The van der Waals surface area contributed by atoms with E-state index in [2.05, 4.69) is 15.2 Å². The molecule has 11 nitrogen and oxygen atoms in total. The van der Waals surface area contributed by atoms with Gasteiger partial charge in [-0.15, -0.1) is 0 Å². The number of carboxylic acids is 2. The van der Waals surface area contributed by atoms with Crippen molar-refractivity contribution in [3.05, 3.63) is 69.4 Å². The van der Waals surface area contributed by atoms with Crippen LogP contribution in [0.5, 0.6) is 11.5 Å². The largest absolute Gasteiger partial charge is 0.496 e. The number of aliphatic carboxylic acids is 2. The molecule has 1 fully saturated rings. The van der Waals surface area contributed by atoms with Crippen molar-refractivity contribution < 1.29 is 33.7 Å². The minimum atomic E-state index is -1.26. The smallest absolute Gasteiger partial charge is 0.338 e. The number of nitrogens with one attached hydrogen (secondary N) is 1. The number of anilines is 1. The number of aromatic nitrogens is 1. The summed E-state index contributed by atoms with van der Waals surface area (Å²) in [5.41, 5.74) is 4.70. The molecule has 1 aliphatic rings. The number of piperazine rings is 1. The van der Waals surface area contributed by atoms with Crippen LogP contribution < -0.4 is 25.3 Å². The van der Waals surface area contributed by atoms with Crippen molar-refractivity contribution in [3.63, 3.8) is 0 Å². The first-order valence-corrected chi connectivity index (χ1v) is 11.9. The fourth-order valence-electron chi connectivity index (χ4n) is 4.16. The Bertz CT molecular complexity index is 1390. The van der Waals surface area contributed by atoms with Gasteiger partial charge >= 0.3 is 17.6 Å². The van der Waals surface area contributed by atoms with Crippen molar-refractivity contribution in [1.82, 2.24) is 10.3 Å². The molecule has 0 radical (unpaired) electrons. The summed E-state index contributed by atoms with van der Waals surface area (Å²) in [5.74, 6) is -1.02. The molecule has 3 heterocycles. The highest BCUT2D eigenvalue weighted by Crippen LogP contribution is 2.33. The number of pyridine rings is 1. The van der Waals surface area contributed by atoms with Gasteiger partial charge in [0.2, 0.25) is 0 Å². The summed E-state index contributed by atoms with van der Waals surface area (Å²) < 4.78 is 17.1. The van der Waals surface area contributed by atoms with Crippen LogP contribution in [-0.4, -0.2) is 60.4 Å². The van der Waals surface area contributed by atoms with Crippen LogP contribution in [0.1, 0.15) is 22.4 Å². The monoisotopic (exact) mass is 525 g/mol. The van der Waals surface area contributed by atoms with Crippen molar-refractivity contribution in [2.75, 3.05) is 38.2 Å². The second kappa shape index (κ2) is 12.7. The minimum absolute atomic E-state index is 0.302. The number of nitrogens with zero attached hydrogens (tertiary/aromatic N) is 2. The van der Waals surface area contributed by atoms with Crippen LogP contribution in [0.3, 0.4) is 0 Å². The highest BCUT2D eigenvalue weighted by atomic mass is 16.5. The standard InChI is InChI=1S/C23H27N3O4.C4H4O4/c1-14-12-25-18(15(2)22(14)28-4)13-29-20-6-5-17-19(26-9-7-24-8-10-26)11-21(27)30-23(17)16(20)3;5-3(6)1-2-4(7)8/h5-6,11-12,24H,7-10,13H2,1-4H3;1-2H,(H,5,6)(H,7,8)/b;2-1-. The number of rotatable bonds is 7. The van der Waals surface area contributed by atoms with Crippen molar-refractivity contribution >= 4 is 28.6 Å². The lowest BCUT2D eigenvalue weighted by Crippen LogP contribution is -2.43. The molecule has 202 valence electrons. The van der Waals surface area contributed by atoms with E-state index in [0.717, 1.165) is 65.4 Å². The molecular formula is C27H31N3O8. The van der Waals surface area contributed by atoms with E-state index in [-0.39, 0.29) is 5.63 Å². The predicted molar refractivity (Wildman–Crippen MR) is 141 cm³/mol. The summed E-state index contributed by atoms with van der Waals surface area (Å²) in [6.07, 6.45) is 2.90. The molecule has 4 rings (SSSR count). The van der Waals surface area contributed by atoms with E-state index in [1.54, 1.807) is 19.4 Å². The van der Waals surface area contributed by atoms with Gasteiger partial charge in [-0.1, -0.05) is 0 Å². The Morgan fingerprint density at radius 1 is 1.11 bits per heavy atom. The van der Waals surface area contributed by atoms with E-state index in [1.165, 1.54) is 0 Å². The molecule has 1 aliphatic heterocycles.